The number of aryl methyl sites for hydroxylation is 1. The van der Waals surface area contributed by atoms with Crippen molar-refractivity contribution in [2.24, 2.45) is 0 Å². The van der Waals surface area contributed by atoms with E-state index in [4.69, 9.17) is 9.15 Å². The van der Waals surface area contributed by atoms with Gasteiger partial charge in [0, 0.05) is 19.1 Å². The topological polar surface area (TPSA) is 34.4 Å². The van der Waals surface area contributed by atoms with Crippen LogP contribution in [0.4, 0.5) is 0 Å². The number of hydrogen-bond donors (Lipinski definition) is 1. The molecule has 1 atom stereocenters. The zero-order valence-electron chi connectivity index (χ0n) is 8.58. The summed E-state index contributed by atoms with van der Waals surface area (Å²) in [5, 5.41) is 3.42. The molecule has 1 aromatic heterocycles. The van der Waals surface area contributed by atoms with Crippen molar-refractivity contribution >= 4 is 0 Å². The molecule has 3 heteroatoms. The molecule has 78 valence electrons. The summed E-state index contributed by atoms with van der Waals surface area (Å²) in [5.74, 6) is 2.08. The Kier molecular flexibility index (Phi) is 3.22. The number of ether oxygens (including phenoxy) is 1. The first-order chi connectivity index (χ1) is 6.88. The molecule has 0 amide bonds. The van der Waals surface area contributed by atoms with Crippen LogP contribution in [0, 0.1) is 0 Å². The van der Waals surface area contributed by atoms with E-state index >= 15 is 0 Å². The van der Waals surface area contributed by atoms with Gasteiger partial charge in [-0.2, -0.15) is 0 Å². The molecule has 1 aliphatic heterocycles. The molecule has 1 aromatic rings. The lowest BCUT2D eigenvalue weighted by Gasteiger charge is -2.07. The van der Waals surface area contributed by atoms with Gasteiger partial charge in [0.15, 0.2) is 0 Å². The molecule has 0 radical (unpaired) electrons. The second-order valence-electron chi connectivity index (χ2n) is 3.66. The van der Waals surface area contributed by atoms with E-state index in [2.05, 4.69) is 12.2 Å². The second kappa shape index (κ2) is 4.62. The highest BCUT2D eigenvalue weighted by Crippen LogP contribution is 2.09. The van der Waals surface area contributed by atoms with Crippen LogP contribution in [0.5, 0.6) is 0 Å². The summed E-state index contributed by atoms with van der Waals surface area (Å²) in [7, 11) is 0. The van der Waals surface area contributed by atoms with E-state index in [1.807, 2.05) is 12.1 Å². The van der Waals surface area contributed by atoms with Crippen molar-refractivity contribution in [1.29, 1.82) is 0 Å². The molecule has 2 heterocycles. The largest absolute Gasteiger partial charge is 0.465 e. The molecule has 0 aromatic carbocycles. The Morgan fingerprint density at radius 3 is 2.93 bits per heavy atom. The lowest BCUT2D eigenvalue weighted by Crippen LogP contribution is -2.28. The lowest BCUT2D eigenvalue weighted by molar-refractivity contribution is 0.189. The van der Waals surface area contributed by atoms with Gasteiger partial charge in [-0.05, 0) is 18.6 Å². The van der Waals surface area contributed by atoms with Crippen LogP contribution in [-0.2, 0) is 17.7 Å². The molecule has 1 aliphatic rings. The highest BCUT2D eigenvalue weighted by molar-refractivity contribution is 5.06. The van der Waals surface area contributed by atoms with Gasteiger partial charge in [-0.15, -0.1) is 0 Å². The molecule has 14 heavy (non-hydrogen) atoms. The Morgan fingerprint density at radius 1 is 1.43 bits per heavy atom. The summed E-state index contributed by atoms with van der Waals surface area (Å²) < 4.78 is 10.9. The van der Waals surface area contributed by atoms with Gasteiger partial charge in [0.05, 0.1) is 13.2 Å². The third-order valence-corrected chi connectivity index (χ3v) is 2.56. The summed E-state index contributed by atoms with van der Waals surface area (Å²) in [6.07, 6.45) is 2.08. The maximum absolute atomic E-state index is 5.59. The Labute approximate surface area is 84.4 Å². The fourth-order valence-electron chi connectivity index (χ4n) is 1.65. The third-order valence-electron chi connectivity index (χ3n) is 2.56. The highest BCUT2D eigenvalue weighted by Gasteiger charge is 2.14. The van der Waals surface area contributed by atoms with E-state index in [-0.39, 0.29) is 0 Å². The standard InChI is InChI=1S/C11H17NO2/c1-2-10-3-4-11(14-10)7-12-9-5-6-13-8-9/h3-4,9,12H,2,5-8H2,1H3. The Balaban J connectivity index is 1.79. The van der Waals surface area contributed by atoms with Crippen LogP contribution in [0.1, 0.15) is 24.9 Å². The van der Waals surface area contributed by atoms with Gasteiger partial charge < -0.3 is 14.5 Å². The number of hydrogen-bond acceptors (Lipinski definition) is 3. The van der Waals surface area contributed by atoms with E-state index < -0.39 is 0 Å². The summed E-state index contributed by atoms with van der Waals surface area (Å²) >= 11 is 0. The molecule has 1 fully saturated rings. The van der Waals surface area contributed by atoms with Gasteiger partial charge in [-0.1, -0.05) is 6.92 Å². The molecule has 0 aliphatic carbocycles. The number of nitrogens with one attached hydrogen (secondary N) is 1. The average molecular weight is 195 g/mol. The molecule has 1 unspecified atom stereocenters. The van der Waals surface area contributed by atoms with Gasteiger partial charge in [0.1, 0.15) is 11.5 Å². The summed E-state index contributed by atoms with van der Waals surface area (Å²) in [5.41, 5.74) is 0. The van der Waals surface area contributed by atoms with Crippen LogP contribution in [0.2, 0.25) is 0 Å². The second-order valence-corrected chi connectivity index (χ2v) is 3.66. The first-order valence-corrected chi connectivity index (χ1v) is 5.27. The summed E-state index contributed by atoms with van der Waals surface area (Å²) in [6, 6.07) is 4.59. The predicted molar refractivity (Wildman–Crippen MR) is 54.1 cm³/mol. The fourth-order valence-corrected chi connectivity index (χ4v) is 1.65. The molecular weight excluding hydrogens is 178 g/mol. The predicted octanol–water partition coefficient (Wildman–Crippen LogP) is 1.72. The molecule has 3 nitrogen and oxygen atoms in total. The normalized spacial score (nSPS) is 21.6. The molecular formula is C11H17NO2. The average Bonchev–Trinajstić information content (AvgIpc) is 2.86. The van der Waals surface area contributed by atoms with E-state index in [0.717, 1.165) is 44.1 Å². The van der Waals surface area contributed by atoms with Crippen LogP contribution in [-0.4, -0.2) is 19.3 Å². The van der Waals surface area contributed by atoms with Crippen molar-refractivity contribution in [3.8, 4) is 0 Å². The van der Waals surface area contributed by atoms with E-state index in [1.165, 1.54) is 0 Å². The van der Waals surface area contributed by atoms with Crippen molar-refractivity contribution in [2.75, 3.05) is 13.2 Å². The quantitative estimate of drug-likeness (QED) is 0.794. The lowest BCUT2D eigenvalue weighted by atomic mass is 10.2. The zero-order chi connectivity index (χ0) is 9.80. The van der Waals surface area contributed by atoms with Crippen molar-refractivity contribution in [1.82, 2.24) is 5.32 Å². The van der Waals surface area contributed by atoms with Crippen LogP contribution < -0.4 is 5.32 Å². The minimum atomic E-state index is 0.505. The van der Waals surface area contributed by atoms with E-state index in [1.54, 1.807) is 0 Å². The van der Waals surface area contributed by atoms with E-state index in [0.29, 0.717) is 6.04 Å². The smallest absolute Gasteiger partial charge is 0.117 e. The highest BCUT2D eigenvalue weighted by atomic mass is 16.5. The van der Waals surface area contributed by atoms with Gasteiger partial charge in [-0.3, -0.25) is 0 Å². The monoisotopic (exact) mass is 195 g/mol. The first kappa shape index (κ1) is 9.74. The van der Waals surface area contributed by atoms with Crippen molar-refractivity contribution in [2.45, 2.75) is 32.4 Å². The molecule has 1 N–H and O–H groups in total. The number of rotatable bonds is 4. The molecule has 1 saturated heterocycles. The van der Waals surface area contributed by atoms with Crippen LogP contribution >= 0.6 is 0 Å². The molecule has 0 spiro atoms. The molecule has 2 rings (SSSR count). The number of furan rings is 1. The molecule has 0 saturated carbocycles. The van der Waals surface area contributed by atoms with E-state index in [9.17, 15) is 0 Å². The molecule has 0 bridgehead atoms. The van der Waals surface area contributed by atoms with Crippen molar-refractivity contribution in [3.05, 3.63) is 23.7 Å². The Hall–Kier alpha value is -0.800. The minimum absolute atomic E-state index is 0.505. The van der Waals surface area contributed by atoms with Gasteiger partial charge >= 0.3 is 0 Å². The van der Waals surface area contributed by atoms with Crippen molar-refractivity contribution < 1.29 is 9.15 Å². The fraction of sp³-hybridized carbons (Fsp3) is 0.636. The maximum atomic E-state index is 5.59. The SMILES string of the molecule is CCc1ccc(CNC2CCOC2)o1. The van der Waals surface area contributed by atoms with Crippen LogP contribution in [0.3, 0.4) is 0 Å². The summed E-state index contributed by atoms with van der Waals surface area (Å²) in [4.78, 5) is 0. The van der Waals surface area contributed by atoms with Gasteiger partial charge in [0.2, 0.25) is 0 Å². The minimum Gasteiger partial charge on any atom is -0.465 e. The Bertz CT molecular complexity index is 277. The van der Waals surface area contributed by atoms with Crippen molar-refractivity contribution in [3.63, 3.8) is 0 Å². The van der Waals surface area contributed by atoms with Crippen LogP contribution in [0.25, 0.3) is 0 Å². The summed E-state index contributed by atoms with van der Waals surface area (Å²) in [6.45, 7) is 4.63. The zero-order valence-corrected chi connectivity index (χ0v) is 8.58. The van der Waals surface area contributed by atoms with Crippen LogP contribution in [0.15, 0.2) is 16.5 Å². The maximum Gasteiger partial charge on any atom is 0.117 e. The van der Waals surface area contributed by atoms with Gasteiger partial charge in [0.25, 0.3) is 0 Å². The van der Waals surface area contributed by atoms with Gasteiger partial charge in [-0.25, -0.2) is 0 Å². The third kappa shape index (κ3) is 2.36. The first-order valence-electron chi connectivity index (χ1n) is 5.27. The Morgan fingerprint density at radius 2 is 2.29 bits per heavy atom.